The molecule has 1 unspecified atom stereocenters. The predicted octanol–water partition coefficient (Wildman–Crippen LogP) is 5.56. The third-order valence-electron chi connectivity index (χ3n) is 15.1. The lowest BCUT2D eigenvalue weighted by atomic mass is 9.72. The second-order valence-electron chi connectivity index (χ2n) is 18.5. The maximum absolute atomic E-state index is 16.8. The molecule has 0 radical (unpaired) electrons. The molecular weight excluding hydrogens is 847 g/mol. The van der Waals surface area contributed by atoms with Gasteiger partial charge in [0.05, 0.1) is 58.0 Å². The van der Waals surface area contributed by atoms with Crippen LogP contribution in [0.2, 0.25) is 0 Å². The fourth-order valence-electron chi connectivity index (χ4n) is 12.2. The van der Waals surface area contributed by atoms with Crippen LogP contribution < -0.4 is 40.5 Å². The van der Waals surface area contributed by atoms with Crippen LogP contribution in [0.4, 0.5) is 31.8 Å². The van der Waals surface area contributed by atoms with E-state index >= 15 is 8.78 Å². The van der Waals surface area contributed by atoms with Gasteiger partial charge in [0, 0.05) is 90.6 Å². The quantitative estimate of drug-likeness (QED) is 0.110. The highest BCUT2D eigenvalue weighted by Gasteiger charge is 2.54. The number of H-pyrrole nitrogens is 2. The molecule has 6 aliphatic rings. The second-order valence-corrected chi connectivity index (χ2v) is 18.5. The van der Waals surface area contributed by atoms with E-state index in [1.807, 2.05) is 13.8 Å². The molecule has 8 aromatic rings. The van der Waals surface area contributed by atoms with Crippen molar-refractivity contribution in [3.8, 4) is 23.5 Å². The SMILES string of the molecule is CNc1cc(F)c2c3c1[nH]c1nc(Oc4cnc(C)nc4)nc(c13)N1[C@@H](C2)[C@@H]2CNC(CNc3cc(F)c4c5c3[nH]c3nc(Oc6cnc(C)nc6)nc(c35)N3[C@H]5CNCC[C@H]5[C@@H]3C4)C[C@@H]21. The summed E-state index contributed by atoms with van der Waals surface area (Å²) in [5, 5.41) is 17.4. The Morgan fingerprint density at radius 2 is 1.24 bits per heavy atom. The minimum atomic E-state index is -0.258. The van der Waals surface area contributed by atoms with E-state index in [0.717, 1.165) is 70.9 Å². The summed E-state index contributed by atoms with van der Waals surface area (Å²) in [5.74, 6) is 3.70. The van der Waals surface area contributed by atoms with Crippen molar-refractivity contribution in [1.29, 1.82) is 0 Å². The molecule has 12 heterocycles. The van der Waals surface area contributed by atoms with Gasteiger partial charge in [-0.2, -0.15) is 19.9 Å². The summed E-state index contributed by atoms with van der Waals surface area (Å²) < 4.78 is 45.3. The molecule has 6 aromatic heterocycles. The molecule has 4 saturated heterocycles. The zero-order valence-corrected chi connectivity index (χ0v) is 36.2. The van der Waals surface area contributed by atoms with Crippen LogP contribution >= 0.6 is 0 Å². The summed E-state index contributed by atoms with van der Waals surface area (Å²) in [5.41, 5.74) is 5.34. The number of nitrogens with zero attached hydrogens (tertiary/aromatic N) is 10. The molecule has 18 nitrogen and oxygen atoms in total. The van der Waals surface area contributed by atoms with E-state index in [2.05, 4.69) is 61.0 Å². The largest absolute Gasteiger partial charge is 0.421 e. The molecule has 7 atom stereocenters. The first kappa shape index (κ1) is 38.2. The van der Waals surface area contributed by atoms with Crippen molar-refractivity contribution in [2.75, 3.05) is 53.7 Å². The van der Waals surface area contributed by atoms with Crippen molar-refractivity contribution < 1.29 is 18.3 Å². The number of piperidine rings is 2. The highest BCUT2D eigenvalue weighted by molar-refractivity contribution is 6.18. The van der Waals surface area contributed by atoms with Gasteiger partial charge >= 0.3 is 12.0 Å². The number of fused-ring (bicyclic) bond motifs is 10. The lowest BCUT2D eigenvalue weighted by molar-refractivity contribution is 0.134. The van der Waals surface area contributed by atoms with E-state index in [1.54, 1.807) is 44.0 Å². The van der Waals surface area contributed by atoms with Crippen LogP contribution in [0.15, 0.2) is 36.9 Å². The molecule has 0 spiro atoms. The van der Waals surface area contributed by atoms with Crippen LogP contribution in [0.3, 0.4) is 0 Å². The van der Waals surface area contributed by atoms with Gasteiger partial charge in [-0.3, -0.25) is 0 Å². The highest BCUT2D eigenvalue weighted by Crippen LogP contribution is 2.52. The van der Waals surface area contributed by atoms with Gasteiger partial charge in [0.1, 0.15) is 46.2 Å². The molecular formula is C46H44F2N16O2. The lowest BCUT2D eigenvalue weighted by Crippen LogP contribution is -2.72. The lowest BCUT2D eigenvalue weighted by Gasteiger charge is -2.59. The molecule has 0 amide bonds. The first-order valence-electron chi connectivity index (χ1n) is 22.7. The number of hydrogen-bond acceptors (Lipinski definition) is 16. The number of rotatable bonds is 8. The molecule has 6 aliphatic heterocycles. The van der Waals surface area contributed by atoms with E-state index in [4.69, 9.17) is 29.4 Å². The molecule has 0 aliphatic carbocycles. The fraction of sp³-hybridized carbons (Fsp3) is 0.391. The number of halogens is 2. The summed E-state index contributed by atoms with van der Waals surface area (Å²) >= 11 is 0. The summed E-state index contributed by atoms with van der Waals surface area (Å²) in [7, 11) is 1.78. The van der Waals surface area contributed by atoms with Crippen molar-refractivity contribution in [3.05, 3.63) is 71.3 Å². The van der Waals surface area contributed by atoms with Crippen LogP contribution in [0.25, 0.3) is 43.9 Å². The zero-order valence-electron chi connectivity index (χ0n) is 36.2. The number of ether oxygens (including phenoxy) is 2. The van der Waals surface area contributed by atoms with E-state index in [1.165, 1.54) is 0 Å². The molecule has 4 fully saturated rings. The Morgan fingerprint density at radius 1 is 0.682 bits per heavy atom. The van der Waals surface area contributed by atoms with E-state index in [-0.39, 0.29) is 59.8 Å². The number of benzene rings is 2. The Balaban J connectivity index is 0.805. The van der Waals surface area contributed by atoms with Gasteiger partial charge in [0.15, 0.2) is 11.5 Å². The number of aromatic amines is 2. The number of nitrogens with one attached hydrogen (secondary N) is 6. The number of aryl methyl sites for hydroxylation is 2. The minimum absolute atomic E-state index is 0.00829. The fourth-order valence-corrected chi connectivity index (χ4v) is 12.2. The molecule has 14 rings (SSSR count). The van der Waals surface area contributed by atoms with Crippen molar-refractivity contribution in [1.82, 2.24) is 60.5 Å². The molecule has 6 N–H and O–H groups in total. The highest BCUT2D eigenvalue weighted by atomic mass is 19.1. The van der Waals surface area contributed by atoms with Gasteiger partial charge < -0.3 is 50.5 Å². The van der Waals surface area contributed by atoms with E-state index in [9.17, 15) is 0 Å². The van der Waals surface area contributed by atoms with Gasteiger partial charge in [-0.25, -0.2) is 28.7 Å². The summed E-state index contributed by atoms with van der Waals surface area (Å²) in [6, 6.07) is 3.94. The summed E-state index contributed by atoms with van der Waals surface area (Å²) in [4.78, 5) is 48.7. The second kappa shape index (κ2) is 14.0. The Labute approximate surface area is 374 Å². The average molecular weight is 891 g/mol. The van der Waals surface area contributed by atoms with Crippen molar-refractivity contribution in [2.45, 2.75) is 69.7 Å². The molecule has 334 valence electrons. The Bertz CT molecular complexity index is 3330. The van der Waals surface area contributed by atoms with Gasteiger partial charge in [0.2, 0.25) is 0 Å². The minimum Gasteiger partial charge on any atom is -0.421 e. The summed E-state index contributed by atoms with van der Waals surface area (Å²) in [6.07, 6.45) is 9.29. The maximum atomic E-state index is 16.8. The number of anilines is 4. The Kier molecular flexibility index (Phi) is 8.10. The monoisotopic (exact) mass is 890 g/mol. The standard InChI is InChI=1S/C46H44F2N16O2/c1-18-51-12-21(13-52-18)65-45-59-41-37-35-25(27(47)9-29(49-3)39(35)57-41)8-33-26-16-55-20(6-31(26)63(33)43(37)61-45)11-56-30-10-28(48)24-7-32-23-4-5-50-17-34(23)64(32)44-38-36(24)40(30)58-42(38)60-46(62-44)66-22-14-53-19(2)54-15-22/h9-10,12-15,20,23,26,31-34,49-50,55-56H,4-8,11,16-17H2,1-3H3,(H,57,59,61)(H,58,60,62)/t20?,23-,26+,31-,32-,33-,34-/m0/s1. The number of aromatic nitrogens is 10. The molecule has 0 bridgehead atoms. The molecule has 66 heavy (non-hydrogen) atoms. The van der Waals surface area contributed by atoms with Gasteiger partial charge in [-0.15, -0.1) is 0 Å². The number of hydrogen-bond donors (Lipinski definition) is 6. The van der Waals surface area contributed by atoms with E-state index < -0.39 is 0 Å². The predicted molar refractivity (Wildman–Crippen MR) is 243 cm³/mol. The topological polar surface area (TPSA) is 208 Å². The van der Waals surface area contributed by atoms with E-state index in [0.29, 0.717) is 88.1 Å². The van der Waals surface area contributed by atoms with Crippen LogP contribution in [0.5, 0.6) is 23.5 Å². The maximum Gasteiger partial charge on any atom is 0.326 e. The van der Waals surface area contributed by atoms with Crippen molar-refractivity contribution >= 4 is 66.9 Å². The zero-order chi connectivity index (χ0) is 44.1. The smallest absolute Gasteiger partial charge is 0.326 e. The summed E-state index contributed by atoms with van der Waals surface area (Å²) in [6.45, 7) is 6.65. The van der Waals surface area contributed by atoms with Gasteiger partial charge in [-0.1, -0.05) is 0 Å². The van der Waals surface area contributed by atoms with Gasteiger partial charge in [0.25, 0.3) is 0 Å². The van der Waals surface area contributed by atoms with Crippen LogP contribution in [0.1, 0.15) is 35.6 Å². The molecule has 0 saturated carbocycles. The first-order chi connectivity index (χ1) is 32.3. The Hall–Kier alpha value is -7.06. The van der Waals surface area contributed by atoms with Crippen molar-refractivity contribution in [2.24, 2.45) is 11.8 Å². The van der Waals surface area contributed by atoms with Crippen molar-refractivity contribution in [3.63, 3.8) is 0 Å². The molecule has 2 aromatic carbocycles. The first-order valence-corrected chi connectivity index (χ1v) is 22.7. The van der Waals surface area contributed by atoms with Crippen LogP contribution in [-0.2, 0) is 12.8 Å². The van der Waals surface area contributed by atoms with Gasteiger partial charge in [-0.05, 0) is 58.2 Å². The van der Waals surface area contributed by atoms with Crippen LogP contribution in [-0.4, -0.2) is 113 Å². The third-order valence-corrected chi connectivity index (χ3v) is 15.1. The normalized spacial score (nSPS) is 24.7. The molecule has 20 heteroatoms. The average Bonchev–Trinajstić information content (AvgIpc) is 3.81. The Morgan fingerprint density at radius 3 is 1.85 bits per heavy atom. The van der Waals surface area contributed by atoms with Crippen LogP contribution in [0, 0.1) is 37.3 Å². The third kappa shape index (κ3) is 5.50.